The zero-order chi connectivity index (χ0) is 15.4. The van der Waals surface area contributed by atoms with Crippen molar-refractivity contribution in [1.29, 1.82) is 0 Å². The summed E-state index contributed by atoms with van der Waals surface area (Å²) in [6, 6.07) is 9.45. The van der Waals surface area contributed by atoms with E-state index in [0.29, 0.717) is 11.3 Å². The average molecular weight is 282 g/mol. The molecular formula is C16H18N4O. The van der Waals surface area contributed by atoms with Crippen LogP contribution in [0.2, 0.25) is 0 Å². The van der Waals surface area contributed by atoms with E-state index in [1.807, 2.05) is 44.4 Å². The van der Waals surface area contributed by atoms with Crippen molar-refractivity contribution in [2.45, 2.75) is 0 Å². The number of benzene rings is 1. The molecule has 1 amide bonds. The molecule has 1 heterocycles. The van der Waals surface area contributed by atoms with Gasteiger partial charge in [-0.2, -0.15) is 5.10 Å². The number of aryl methyl sites for hydroxylation is 1. The fourth-order valence-electron chi connectivity index (χ4n) is 1.87. The van der Waals surface area contributed by atoms with Gasteiger partial charge in [0.05, 0.1) is 5.69 Å². The van der Waals surface area contributed by atoms with Gasteiger partial charge in [0, 0.05) is 37.0 Å². The highest BCUT2D eigenvalue weighted by atomic mass is 16.1. The Balaban J connectivity index is 2.16. The molecule has 0 spiro atoms. The van der Waals surface area contributed by atoms with Gasteiger partial charge in [-0.25, -0.2) is 0 Å². The van der Waals surface area contributed by atoms with Gasteiger partial charge in [-0.3, -0.25) is 9.48 Å². The van der Waals surface area contributed by atoms with Crippen LogP contribution < -0.4 is 10.6 Å². The van der Waals surface area contributed by atoms with Crippen LogP contribution in [0.4, 0.5) is 11.5 Å². The van der Waals surface area contributed by atoms with E-state index in [9.17, 15) is 4.79 Å². The summed E-state index contributed by atoms with van der Waals surface area (Å²) in [4.78, 5) is 11.7. The summed E-state index contributed by atoms with van der Waals surface area (Å²) in [6.07, 6.45) is 1.43. The van der Waals surface area contributed by atoms with Gasteiger partial charge in [-0.1, -0.05) is 31.4 Å². The van der Waals surface area contributed by atoms with Crippen LogP contribution in [0.1, 0.15) is 0 Å². The van der Waals surface area contributed by atoms with Crippen molar-refractivity contribution in [3.63, 3.8) is 0 Å². The first-order valence-corrected chi connectivity index (χ1v) is 6.50. The van der Waals surface area contributed by atoms with Gasteiger partial charge in [0.1, 0.15) is 5.82 Å². The van der Waals surface area contributed by atoms with E-state index < -0.39 is 0 Å². The molecule has 0 fully saturated rings. The van der Waals surface area contributed by atoms with Gasteiger partial charge >= 0.3 is 0 Å². The molecule has 0 saturated carbocycles. The fraction of sp³-hybridized carbons (Fsp3) is 0.125. The number of nitrogens with zero attached hydrogens (tertiary/aromatic N) is 2. The Labute approximate surface area is 124 Å². The van der Waals surface area contributed by atoms with E-state index >= 15 is 0 Å². The minimum absolute atomic E-state index is 0.256. The average Bonchev–Trinajstić information content (AvgIpc) is 2.88. The number of amides is 1. The molecule has 2 aromatic rings. The van der Waals surface area contributed by atoms with E-state index in [2.05, 4.69) is 28.9 Å². The lowest BCUT2D eigenvalue weighted by Crippen LogP contribution is -2.12. The molecule has 5 nitrogen and oxygen atoms in total. The van der Waals surface area contributed by atoms with Crippen molar-refractivity contribution in [3.05, 3.63) is 55.1 Å². The molecule has 0 bridgehead atoms. The molecule has 1 aromatic heterocycles. The predicted molar refractivity (Wildman–Crippen MR) is 86.2 cm³/mol. The van der Waals surface area contributed by atoms with Crippen molar-refractivity contribution in [3.8, 4) is 11.3 Å². The number of carbonyl (C=O) groups excluding carboxylic acids is 1. The first-order valence-electron chi connectivity index (χ1n) is 6.50. The Morgan fingerprint density at radius 1 is 1.33 bits per heavy atom. The van der Waals surface area contributed by atoms with Crippen LogP contribution in [0.3, 0.4) is 0 Å². The Morgan fingerprint density at radius 3 is 2.52 bits per heavy atom. The van der Waals surface area contributed by atoms with Crippen molar-refractivity contribution in [2.75, 3.05) is 17.7 Å². The summed E-state index contributed by atoms with van der Waals surface area (Å²) in [5, 5.41) is 10.2. The minimum Gasteiger partial charge on any atom is -0.373 e. The van der Waals surface area contributed by atoms with Crippen LogP contribution in [-0.4, -0.2) is 22.7 Å². The first kappa shape index (κ1) is 14.6. The van der Waals surface area contributed by atoms with Crippen LogP contribution >= 0.6 is 0 Å². The number of rotatable bonds is 5. The standard InChI is InChI=1S/C16H18N4O/c1-5-11(2)16(21)18-13-8-6-12(7-9-13)14-10-15(17-3)20(4)19-14/h5-10,17H,1-2H2,3-4H3,(H,18,21). The second-order valence-corrected chi connectivity index (χ2v) is 4.55. The summed E-state index contributed by atoms with van der Waals surface area (Å²) in [6.45, 7) is 7.13. The molecule has 2 rings (SSSR count). The summed E-state index contributed by atoms with van der Waals surface area (Å²) in [5.41, 5.74) is 2.89. The molecule has 0 aliphatic carbocycles. The Hall–Kier alpha value is -2.82. The van der Waals surface area contributed by atoms with Crippen LogP contribution in [0.5, 0.6) is 0 Å². The number of anilines is 2. The molecule has 0 atom stereocenters. The van der Waals surface area contributed by atoms with Crippen molar-refractivity contribution < 1.29 is 4.79 Å². The van der Waals surface area contributed by atoms with Gasteiger partial charge in [0.15, 0.2) is 0 Å². The highest BCUT2D eigenvalue weighted by Crippen LogP contribution is 2.23. The summed E-state index contributed by atoms with van der Waals surface area (Å²) >= 11 is 0. The maximum Gasteiger partial charge on any atom is 0.255 e. The van der Waals surface area contributed by atoms with E-state index in [0.717, 1.165) is 17.1 Å². The molecule has 0 unspecified atom stereocenters. The van der Waals surface area contributed by atoms with Crippen molar-refractivity contribution >= 4 is 17.4 Å². The maximum atomic E-state index is 11.7. The van der Waals surface area contributed by atoms with Crippen LogP contribution in [0.15, 0.2) is 55.1 Å². The van der Waals surface area contributed by atoms with Crippen molar-refractivity contribution in [2.24, 2.45) is 7.05 Å². The second-order valence-electron chi connectivity index (χ2n) is 4.55. The smallest absolute Gasteiger partial charge is 0.255 e. The molecule has 21 heavy (non-hydrogen) atoms. The molecule has 0 saturated heterocycles. The van der Waals surface area contributed by atoms with Gasteiger partial charge in [-0.05, 0) is 12.1 Å². The third-order valence-electron chi connectivity index (χ3n) is 3.11. The third-order valence-corrected chi connectivity index (χ3v) is 3.11. The zero-order valence-electron chi connectivity index (χ0n) is 12.2. The molecule has 1 aromatic carbocycles. The van der Waals surface area contributed by atoms with Gasteiger partial charge in [0.2, 0.25) is 0 Å². The lowest BCUT2D eigenvalue weighted by Gasteiger charge is -2.05. The number of carbonyl (C=O) groups is 1. The topological polar surface area (TPSA) is 59.0 Å². The SMILES string of the molecule is C=CC(=C)C(=O)Nc1ccc(-c2cc(NC)n(C)n2)cc1. The normalized spacial score (nSPS) is 10.0. The summed E-state index contributed by atoms with van der Waals surface area (Å²) < 4.78 is 1.78. The van der Waals surface area contributed by atoms with Crippen LogP contribution in [0.25, 0.3) is 11.3 Å². The monoisotopic (exact) mass is 282 g/mol. The quantitative estimate of drug-likeness (QED) is 0.655. The van der Waals surface area contributed by atoms with E-state index in [4.69, 9.17) is 0 Å². The van der Waals surface area contributed by atoms with Gasteiger partial charge < -0.3 is 10.6 Å². The summed E-state index contributed by atoms with van der Waals surface area (Å²) in [5.74, 6) is 0.678. The van der Waals surface area contributed by atoms with Gasteiger partial charge in [-0.15, -0.1) is 0 Å². The Morgan fingerprint density at radius 2 is 2.00 bits per heavy atom. The maximum absolute atomic E-state index is 11.7. The fourth-order valence-corrected chi connectivity index (χ4v) is 1.87. The molecule has 108 valence electrons. The first-order chi connectivity index (χ1) is 10.0. The number of hydrogen-bond acceptors (Lipinski definition) is 3. The molecule has 0 aliphatic heterocycles. The van der Waals surface area contributed by atoms with Gasteiger partial charge in [0.25, 0.3) is 5.91 Å². The third kappa shape index (κ3) is 3.20. The van der Waals surface area contributed by atoms with Crippen LogP contribution in [-0.2, 0) is 11.8 Å². The van der Waals surface area contributed by atoms with Crippen molar-refractivity contribution in [1.82, 2.24) is 9.78 Å². The Bertz CT molecular complexity index is 683. The lowest BCUT2D eigenvalue weighted by molar-refractivity contribution is -0.112. The number of hydrogen-bond donors (Lipinski definition) is 2. The number of aromatic nitrogens is 2. The van der Waals surface area contributed by atoms with E-state index in [1.165, 1.54) is 6.08 Å². The predicted octanol–water partition coefficient (Wildman–Crippen LogP) is 2.81. The molecule has 0 aliphatic rings. The van der Waals surface area contributed by atoms with E-state index in [1.54, 1.807) is 4.68 Å². The Kier molecular flexibility index (Phi) is 4.23. The summed E-state index contributed by atoms with van der Waals surface area (Å²) in [7, 11) is 3.73. The highest BCUT2D eigenvalue weighted by Gasteiger charge is 2.07. The lowest BCUT2D eigenvalue weighted by atomic mass is 10.1. The highest BCUT2D eigenvalue weighted by molar-refractivity contribution is 6.05. The molecule has 0 radical (unpaired) electrons. The van der Waals surface area contributed by atoms with E-state index in [-0.39, 0.29) is 5.91 Å². The van der Waals surface area contributed by atoms with Crippen LogP contribution in [0, 0.1) is 0 Å². The molecule has 5 heteroatoms. The number of nitrogens with one attached hydrogen (secondary N) is 2. The molecular weight excluding hydrogens is 264 g/mol. The largest absolute Gasteiger partial charge is 0.373 e. The second kappa shape index (κ2) is 6.09. The minimum atomic E-state index is -0.256. The molecule has 2 N–H and O–H groups in total. The zero-order valence-corrected chi connectivity index (χ0v) is 12.2.